The minimum Gasteiger partial charge on any atom is -0.481 e. The molecule has 3 N–H and O–H groups in total. The van der Waals surface area contributed by atoms with Gasteiger partial charge in [0, 0.05) is 6.61 Å². The number of aromatic amines is 1. The number of carboxylic acids is 1. The van der Waals surface area contributed by atoms with Gasteiger partial charge >= 0.3 is 11.7 Å². The third-order valence-electron chi connectivity index (χ3n) is 2.56. The monoisotopic (exact) mass is 237 g/mol. The van der Waals surface area contributed by atoms with E-state index in [1.165, 1.54) is 6.07 Å². The smallest absolute Gasteiger partial charge is 0.417 e. The number of rotatable bonds is 4. The zero-order chi connectivity index (χ0) is 12.4. The highest BCUT2D eigenvalue weighted by Gasteiger charge is 2.19. The molecule has 0 aliphatic heterocycles. The Morgan fingerprint density at radius 3 is 2.88 bits per heavy atom. The van der Waals surface area contributed by atoms with Crippen LogP contribution >= 0.6 is 0 Å². The van der Waals surface area contributed by atoms with Crippen LogP contribution in [0.2, 0.25) is 0 Å². The van der Waals surface area contributed by atoms with E-state index in [1.54, 1.807) is 12.1 Å². The summed E-state index contributed by atoms with van der Waals surface area (Å²) in [6.07, 6.45) is 0.128. The van der Waals surface area contributed by atoms with Crippen molar-refractivity contribution in [3.8, 4) is 0 Å². The number of fused-ring (bicyclic) bond motifs is 1. The van der Waals surface area contributed by atoms with Gasteiger partial charge in [-0.1, -0.05) is 6.07 Å². The predicted molar refractivity (Wildman–Crippen MR) is 58.9 cm³/mol. The lowest BCUT2D eigenvalue weighted by atomic mass is 9.96. The second-order valence-corrected chi connectivity index (χ2v) is 3.67. The molecule has 6 heteroatoms. The van der Waals surface area contributed by atoms with Crippen LogP contribution in [0.4, 0.5) is 0 Å². The summed E-state index contributed by atoms with van der Waals surface area (Å²) in [6, 6.07) is 4.66. The molecule has 0 saturated heterocycles. The van der Waals surface area contributed by atoms with Gasteiger partial charge in [-0.05, 0) is 24.1 Å². The Morgan fingerprint density at radius 1 is 1.47 bits per heavy atom. The van der Waals surface area contributed by atoms with E-state index in [9.17, 15) is 9.59 Å². The molecular formula is C11H11NO5. The van der Waals surface area contributed by atoms with Crippen molar-refractivity contribution < 1.29 is 19.4 Å². The van der Waals surface area contributed by atoms with Crippen molar-refractivity contribution in [3.05, 3.63) is 34.3 Å². The number of carbonyl (C=O) groups is 1. The summed E-state index contributed by atoms with van der Waals surface area (Å²) in [5, 5.41) is 17.9. The quantitative estimate of drug-likeness (QED) is 0.725. The lowest BCUT2D eigenvalue weighted by Gasteiger charge is -2.10. The van der Waals surface area contributed by atoms with Crippen molar-refractivity contribution in [2.24, 2.45) is 0 Å². The highest BCUT2D eigenvalue weighted by molar-refractivity contribution is 5.79. The molecule has 0 saturated carbocycles. The molecule has 1 aromatic carbocycles. The Labute approximate surface area is 95.5 Å². The van der Waals surface area contributed by atoms with Crippen LogP contribution in [0.5, 0.6) is 0 Å². The van der Waals surface area contributed by atoms with E-state index in [2.05, 4.69) is 4.98 Å². The van der Waals surface area contributed by atoms with Crippen LogP contribution < -0.4 is 5.76 Å². The van der Waals surface area contributed by atoms with Crippen LogP contribution in [0.1, 0.15) is 17.9 Å². The van der Waals surface area contributed by atoms with Crippen molar-refractivity contribution in [2.75, 3.05) is 6.61 Å². The Bertz CT molecular complexity index is 597. The molecule has 0 aliphatic rings. The van der Waals surface area contributed by atoms with Crippen LogP contribution in [0, 0.1) is 0 Å². The number of carboxylic acid groups (broad SMARTS) is 1. The van der Waals surface area contributed by atoms with Crippen LogP contribution in [0.3, 0.4) is 0 Å². The SMILES string of the molecule is O=C(O)C(CCO)c1ccc2oc(=O)[nH]c2c1. The van der Waals surface area contributed by atoms with Crippen molar-refractivity contribution >= 4 is 17.1 Å². The van der Waals surface area contributed by atoms with Crippen LogP contribution in [0.15, 0.2) is 27.4 Å². The molecule has 1 heterocycles. The van der Waals surface area contributed by atoms with Crippen molar-refractivity contribution in [1.29, 1.82) is 0 Å². The van der Waals surface area contributed by atoms with Gasteiger partial charge in [0.15, 0.2) is 5.58 Å². The van der Waals surface area contributed by atoms with Crippen LogP contribution in [-0.4, -0.2) is 27.8 Å². The second-order valence-electron chi connectivity index (χ2n) is 3.67. The first kappa shape index (κ1) is 11.4. The molecule has 0 radical (unpaired) electrons. The molecule has 1 unspecified atom stereocenters. The number of aromatic nitrogens is 1. The zero-order valence-electron chi connectivity index (χ0n) is 8.84. The molecule has 6 nitrogen and oxygen atoms in total. The maximum atomic E-state index is 11.0. The number of nitrogens with one attached hydrogen (secondary N) is 1. The van der Waals surface area contributed by atoms with Gasteiger partial charge in [0.1, 0.15) is 0 Å². The number of H-pyrrole nitrogens is 1. The Morgan fingerprint density at radius 2 is 2.24 bits per heavy atom. The van der Waals surface area contributed by atoms with Gasteiger partial charge in [0.25, 0.3) is 0 Å². The summed E-state index contributed by atoms with van der Waals surface area (Å²) in [6.45, 7) is -0.211. The average molecular weight is 237 g/mol. The maximum absolute atomic E-state index is 11.0. The molecule has 0 aliphatic carbocycles. The van der Waals surface area contributed by atoms with Crippen molar-refractivity contribution in [2.45, 2.75) is 12.3 Å². The van der Waals surface area contributed by atoms with Gasteiger partial charge in [-0.2, -0.15) is 0 Å². The molecule has 0 fully saturated rings. The minimum absolute atomic E-state index is 0.128. The number of oxazole rings is 1. The highest BCUT2D eigenvalue weighted by Crippen LogP contribution is 2.23. The third kappa shape index (κ3) is 2.21. The van der Waals surface area contributed by atoms with Crippen LogP contribution in [0.25, 0.3) is 11.1 Å². The molecule has 0 amide bonds. The molecule has 2 rings (SSSR count). The number of hydrogen-bond acceptors (Lipinski definition) is 4. The fraction of sp³-hybridized carbons (Fsp3) is 0.273. The third-order valence-corrected chi connectivity index (χ3v) is 2.56. The van der Waals surface area contributed by atoms with Gasteiger partial charge in [-0.25, -0.2) is 4.79 Å². The predicted octanol–water partition coefficient (Wildman–Crippen LogP) is 0.672. The normalized spacial score (nSPS) is 12.8. The fourth-order valence-electron chi connectivity index (χ4n) is 1.75. The van der Waals surface area contributed by atoms with E-state index in [0.717, 1.165) is 0 Å². The topological polar surface area (TPSA) is 104 Å². The number of benzene rings is 1. The summed E-state index contributed by atoms with van der Waals surface area (Å²) in [4.78, 5) is 24.4. The number of aliphatic hydroxyl groups excluding tert-OH is 1. The Hall–Kier alpha value is -2.08. The molecule has 17 heavy (non-hydrogen) atoms. The molecule has 1 atom stereocenters. The van der Waals surface area contributed by atoms with E-state index in [-0.39, 0.29) is 13.0 Å². The molecule has 0 spiro atoms. The van der Waals surface area contributed by atoms with Crippen molar-refractivity contribution in [1.82, 2.24) is 4.98 Å². The zero-order valence-corrected chi connectivity index (χ0v) is 8.84. The second kappa shape index (κ2) is 4.42. The summed E-state index contributed by atoms with van der Waals surface area (Å²) in [5.41, 5.74) is 1.36. The van der Waals surface area contributed by atoms with Gasteiger partial charge in [-0.3, -0.25) is 9.78 Å². The molecule has 0 bridgehead atoms. The number of aliphatic carboxylic acids is 1. The van der Waals surface area contributed by atoms with Gasteiger partial charge in [-0.15, -0.1) is 0 Å². The Kier molecular flexibility index (Phi) is 2.97. The van der Waals surface area contributed by atoms with Crippen molar-refractivity contribution in [3.63, 3.8) is 0 Å². The summed E-state index contributed by atoms with van der Waals surface area (Å²) >= 11 is 0. The van der Waals surface area contributed by atoms with E-state index < -0.39 is 17.6 Å². The average Bonchev–Trinajstić information content (AvgIpc) is 2.64. The van der Waals surface area contributed by atoms with E-state index in [0.29, 0.717) is 16.7 Å². The van der Waals surface area contributed by atoms with Crippen LogP contribution in [-0.2, 0) is 4.79 Å². The molecule has 1 aromatic heterocycles. The Balaban J connectivity index is 2.46. The fourth-order valence-corrected chi connectivity index (χ4v) is 1.75. The van der Waals surface area contributed by atoms with E-state index >= 15 is 0 Å². The van der Waals surface area contributed by atoms with Gasteiger partial charge < -0.3 is 14.6 Å². The molecule has 90 valence electrons. The lowest BCUT2D eigenvalue weighted by molar-refractivity contribution is -0.139. The standard InChI is InChI=1S/C11H11NO5/c13-4-3-7(10(14)15)6-1-2-9-8(5-6)12-11(16)17-9/h1-2,5,7,13H,3-4H2,(H,12,16)(H,14,15). The first-order valence-electron chi connectivity index (χ1n) is 5.08. The lowest BCUT2D eigenvalue weighted by Crippen LogP contribution is -2.13. The van der Waals surface area contributed by atoms with Gasteiger partial charge in [0.2, 0.25) is 0 Å². The largest absolute Gasteiger partial charge is 0.481 e. The first-order chi connectivity index (χ1) is 8.11. The summed E-state index contributed by atoms with van der Waals surface area (Å²) in [7, 11) is 0. The first-order valence-corrected chi connectivity index (χ1v) is 5.08. The molecule has 2 aromatic rings. The number of aliphatic hydroxyl groups is 1. The maximum Gasteiger partial charge on any atom is 0.417 e. The van der Waals surface area contributed by atoms with Gasteiger partial charge in [0.05, 0.1) is 11.4 Å². The highest BCUT2D eigenvalue weighted by atomic mass is 16.4. The summed E-state index contributed by atoms with van der Waals surface area (Å²) < 4.78 is 4.82. The van der Waals surface area contributed by atoms with E-state index in [4.69, 9.17) is 14.6 Å². The minimum atomic E-state index is -1.01. The summed E-state index contributed by atoms with van der Waals surface area (Å²) in [5.74, 6) is -2.38. The molecular weight excluding hydrogens is 226 g/mol. The number of hydrogen-bond donors (Lipinski definition) is 3. The van der Waals surface area contributed by atoms with E-state index in [1.807, 2.05) is 0 Å².